The van der Waals surface area contributed by atoms with E-state index in [2.05, 4.69) is 123 Å². The fourth-order valence-corrected chi connectivity index (χ4v) is 7.48. The number of aliphatic hydroxyl groups excluding tert-OH is 1. The minimum absolute atomic E-state index is 0.0394. The molecule has 0 amide bonds. The second-order valence-corrected chi connectivity index (χ2v) is 30.5. The molecule has 6 nitrogen and oxygen atoms in total. The Morgan fingerprint density at radius 2 is 1.37 bits per heavy atom. The third kappa shape index (κ3) is 7.10. The summed E-state index contributed by atoms with van der Waals surface area (Å²) in [4.78, 5) is 4.48. The van der Waals surface area contributed by atoms with E-state index in [1.807, 2.05) is 12.1 Å². The maximum Gasteiger partial charge on any atom is 0.217 e. The van der Waals surface area contributed by atoms with Gasteiger partial charge in [0.1, 0.15) is 22.9 Å². The number of hydrogen-bond acceptors (Lipinski definition) is 6. The average molecular weight is 649 g/mol. The zero-order chi connectivity index (χ0) is 29.8. The third-order valence-electron chi connectivity index (χ3n) is 9.39. The summed E-state index contributed by atoms with van der Waals surface area (Å²) in [6, 6.07) is 3.79. The Bertz CT molecular complexity index is 951. The van der Waals surface area contributed by atoms with Gasteiger partial charge in [-0.15, -0.1) is 0 Å². The van der Waals surface area contributed by atoms with Crippen molar-refractivity contribution in [3.05, 3.63) is 28.5 Å². The van der Waals surface area contributed by atoms with Gasteiger partial charge in [0.15, 0.2) is 25.0 Å². The van der Waals surface area contributed by atoms with E-state index in [4.69, 9.17) is 18.0 Å². The van der Waals surface area contributed by atoms with E-state index in [0.29, 0.717) is 16.8 Å². The summed E-state index contributed by atoms with van der Waals surface area (Å²) in [5.41, 5.74) is 0.691. The predicted molar refractivity (Wildman–Crippen MR) is 168 cm³/mol. The van der Waals surface area contributed by atoms with E-state index < -0.39 is 49.1 Å². The molecule has 1 aliphatic rings. The van der Waals surface area contributed by atoms with Gasteiger partial charge in [-0.05, 0) is 82.5 Å². The lowest BCUT2D eigenvalue weighted by Crippen LogP contribution is -2.55. The van der Waals surface area contributed by atoms with Gasteiger partial charge < -0.3 is 23.1 Å². The monoisotopic (exact) mass is 647 g/mol. The van der Waals surface area contributed by atoms with Crippen molar-refractivity contribution in [2.24, 2.45) is 0 Å². The molecule has 0 saturated carbocycles. The number of halogens is 1. The Morgan fingerprint density at radius 1 is 0.868 bits per heavy atom. The van der Waals surface area contributed by atoms with E-state index in [-0.39, 0.29) is 15.1 Å². The molecule has 1 saturated heterocycles. The molecule has 0 aromatic carbocycles. The molecule has 10 heteroatoms. The summed E-state index contributed by atoms with van der Waals surface area (Å²) in [6.07, 6.45) is -0.418. The topological polar surface area (TPSA) is 70.0 Å². The molecule has 220 valence electrons. The molecule has 0 aliphatic carbocycles. The average Bonchev–Trinajstić information content (AvgIpc) is 2.96. The van der Waals surface area contributed by atoms with E-state index in [9.17, 15) is 5.11 Å². The van der Waals surface area contributed by atoms with Crippen molar-refractivity contribution in [2.75, 3.05) is 6.61 Å². The highest BCUT2D eigenvalue weighted by molar-refractivity contribution is 9.10. The van der Waals surface area contributed by atoms with Crippen LogP contribution in [0.5, 0.6) is 0 Å². The zero-order valence-corrected chi connectivity index (χ0v) is 31.2. The highest BCUT2D eigenvalue weighted by atomic mass is 79.9. The van der Waals surface area contributed by atoms with Crippen LogP contribution in [0, 0.1) is 0 Å². The molecule has 2 rings (SSSR count). The summed E-state index contributed by atoms with van der Waals surface area (Å²) in [5, 5.41) is 12.1. The molecule has 1 N–H and O–H groups in total. The van der Waals surface area contributed by atoms with Gasteiger partial charge in [-0.3, -0.25) is 0 Å². The van der Waals surface area contributed by atoms with Crippen LogP contribution in [0.2, 0.25) is 54.4 Å². The van der Waals surface area contributed by atoms with E-state index in [0.717, 1.165) is 0 Å². The molecule has 1 fully saturated rings. The standard InChI is InChI=1S/C28H54BrNO5Si3/c1-25(2,3)36(10,11)32-19-21-23(34-37(12,13)26(4,5)6)24(31)28(33-21,20-16-17-22(29)30-18-20)35-38(14,15)27(7,8)9/h16-18,21,23-24,31H,19H2,1-15H3/t21-,23-,24-,28-/m1/s1. The van der Waals surface area contributed by atoms with Gasteiger partial charge in [0.05, 0.1) is 6.61 Å². The maximum atomic E-state index is 12.2. The van der Waals surface area contributed by atoms with Crippen LogP contribution in [0.1, 0.15) is 67.9 Å². The molecule has 1 aromatic rings. The molecule has 4 atom stereocenters. The van der Waals surface area contributed by atoms with Crippen molar-refractivity contribution in [1.29, 1.82) is 0 Å². The SMILES string of the molecule is CC(C)(C)[Si](C)(C)OC[C@H]1O[C@@](O[Si](C)(C)C(C)(C)C)(c2ccc(Br)nc2)[C@H](O)[C@@H]1O[Si](C)(C)C(C)(C)C. The largest absolute Gasteiger partial charge is 0.414 e. The smallest absolute Gasteiger partial charge is 0.217 e. The highest BCUT2D eigenvalue weighted by Gasteiger charge is 2.62. The first-order valence-corrected chi connectivity index (χ1v) is 23.3. The minimum atomic E-state index is -2.43. The lowest BCUT2D eigenvalue weighted by atomic mass is 9.99. The number of nitrogens with zero attached hydrogens (tertiary/aromatic N) is 1. The van der Waals surface area contributed by atoms with E-state index >= 15 is 0 Å². The van der Waals surface area contributed by atoms with Gasteiger partial charge in [0, 0.05) is 11.8 Å². The zero-order valence-electron chi connectivity index (χ0n) is 26.6. The first-order chi connectivity index (χ1) is 16.8. The Balaban J connectivity index is 2.66. The fourth-order valence-electron chi connectivity index (χ4n) is 3.57. The van der Waals surface area contributed by atoms with Crippen LogP contribution in [0.3, 0.4) is 0 Å². The Hall–Kier alpha value is 0.0806. The highest BCUT2D eigenvalue weighted by Crippen LogP contribution is 2.50. The first-order valence-electron chi connectivity index (χ1n) is 13.8. The molecular formula is C28H54BrNO5Si3. The number of hydrogen-bond donors (Lipinski definition) is 1. The lowest BCUT2D eigenvalue weighted by molar-refractivity contribution is -0.228. The molecule has 1 aromatic heterocycles. The summed E-state index contributed by atoms with van der Waals surface area (Å²) in [7, 11) is -6.80. The number of rotatable bonds is 8. The molecule has 0 bridgehead atoms. The summed E-state index contributed by atoms with van der Waals surface area (Å²) >= 11 is 3.45. The van der Waals surface area contributed by atoms with Crippen molar-refractivity contribution >= 4 is 40.9 Å². The van der Waals surface area contributed by atoms with Gasteiger partial charge >= 0.3 is 0 Å². The summed E-state index contributed by atoms with van der Waals surface area (Å²) < 4.78 is 28.3. The van der Waals surface area contributed by atoms with Crippen molar-refractivity contribution in [3.8, 4) is 0 Å². The van der Waals surface area contributed by atoms with Crippen LogP contribution in [0.25, 0.3) is 0 Å². The molecule has 1 aliphatic heterocycles. The van der Waals surface area contributed by atoms with Crippen molar-refractivity contribution in [1.82, 2.24) is 4.98 Å². The van der Waals surface area contributed by atoms with E-state index in [1.165, 1.54) is 0 Å². The minimum Gasteiger partial charge on any atom is -0.414 e. The number of aromatic nitrogens is 1. The lowest BCUT2D eigenvalue weighted by Gasteiger charge is -2.45. The van der Waals surface area contributed by atoms with Gasteiger partial charge in [-0.1, -0.05) is 62.3 Å². The van der Waals surface area contributed by atoms with Crippen molar-refractivity contribution in [3.63, 3.8) is 0 Å². The first kappa shape index (κ1) is 34.3. The van der Waals surface area contributed by atoms with Gasteiger partial charge in [-0.2, -0.15) is 0 Å². The van der Waals surface area contributed by atoms with Crippen LogP contribution in [-0.4, -0.2) is 60.0 Å². The molecule has 2 heterocycles. The van der Waals surface area contributed by atoms with E-state index in [1.54, 1.807) is 6.20 Å². The molecule has 0 spiro atoms. The number of ether oxygens (including phenoxy) is 1. The summed E-state index contributed by atoms with van der Waals surface area (Å²) in [5.74, 6) is -1.41. The van der Waals surface area contributed by atoms with Crippen molar-refractivity contribution < 1.29 is 23.1 Å². The van der Waals surface area contributed by atoms with Crippen LogP contribution < -0.4 is 0 Å². The summed E-state index contributed by atoms with van der Waals surface area (Å²) in [6.45, 7) is 33.5. The molecule has 38 heavy (non-hydrogen) atoms. The fraction of sp³-hybridized carbons (Fsp3) is 0.821. The van der Waals surface area contributed by atoms with Gasteiger partial charge in [-0.25, -0.2) is 4.98 Å². The number of pyridine rings is 1. The molecule has 0 radical (unpaired) electrons. The van der Waals surface area contributed by atoms with Crippen LogP contribution in [0.15, 0.2) is 22.9 Å². The maximum absolute atomic E-state index is 12.2. The normalized spacial score (nSPS) is 26.2. The second-order valence-electron chi connectivity index (χ2n) is 15.4. The van der Waals surface area contributed by atoms with Crippen LogP contribution in [-0.2, 0) is 23.8 Å². The quantitative estimate of drug-likeness (QED) is 0.227. The molecule has 0 unspecified atom stereocenters. The molecular weight excluding hydrogens is 594 g/mol. The number of aliphatic hydroxyl groups is 1. The van der Waals surface area contributed by atoms with Crippen LogP contribution in [0.4, 0.5) is 0 Å². The Morgan fingerprint density at radius 3 is 1.79 bits per heavy atom. The second kappa shape index (κ2) is 11.1. The third-order valence-corrected chi connectivity index (χ3v) is 23.3. The Kier molecular flexibility index (Phi) is 9.97. The predicted octanol–water partition coefficient (Wildman–Crippen LogP) is 8.19. The Labute approximate surface area is 244 Å². The van der Waals surface area contributed by atoms with Crippen LogP contribution >= 0.6 is 15.9 Å². The van der Waals surface area contributed by atoms with Gasteiger partial charge in [0.25, 0.3) is 0 Å². The van der Waals surface area contributed by atoms with Crippen molar-refractivity contribution in [2.45, 2.75) is 141 Å². The van der Waals surface area contributed by atoms with Gasteiger partial charge in [0.2, 0.25) is 5.79 Å².